The highest BCUT2D eigenvalue weighted by Gasteiger charge is 2.23. The van der Waals surface area contributed by atoms with Crippen LogP contribution < -0.4 is 15.2 Å². The molecule has 3 rings (SSSR count). The first-order valence-electron chi connectivity index (χ1n) is 6.83. The molecule has 1 unspecified atom stereocenters. The number of hydrogen-bond acceptors (Lipinski definition) is 5. The van der Waals surface area contributed by atoms with Crippen LogP contribution in [0.2, 0.25) is 0 Å². The van der Waals surface area contributed by atoms with Crippen molar-refractivity contribution in [2.75, 3.05) is 12.3 Å². The highest BCUT2D eigenvalue weighted by Crippen LogP contribution is 2.39. The van der Waals surface area contributed by atoms with Crippen molar-refractivity contribution in [1.29, 1.82) is 0 Å². The summed E-state index contributed by atoms with van der Waals surface area (Å²) in [6.45, 7) is 4.58. The van der Waals surface area contributed by atoms with E-state index in [0.29, 0.717) is 22.7 Å². The molecule has 0 spiro atoms. The summed E-state index contributed by atoms with van der Waals surface area (Å²) in [4.78, 5) is 8.64. The SMILES string of the molecule is CCOc1cc2c(cc1-c1ncc(Br)c(N)n1)OC(C)C2. The molecule has 1 aliphatic rings. The Morgan fingerprint density at radius 2 is 2.29 bits per heavy atom. The first-order valence-corrected chi connectivity index (χ1v) is 7.62. The quantitative estimate of drug-likeness (QED) is 0.921. The molecule has 110 valence electrons. The fourth-order valence-electron chi connectivity index (χ4n) is 2.40. The maximum absolute atomic E-state index is 5.85. The van der Waals surface area contributed by atoms with Crippen LogP contribution in [0, 0.1) is 0 Å². The molecule has 0 aliphatic carbocycles. The normalized spacial score (nSPS) is 16.4. The minimum atomic E-state index is 0.181. The molecule has 1 aromatic carbocycles. The zero-order valence-corrected chi connectivity index (χ0v) is 13.5. The van der Waals surface area contributed by atoms with Crippen molar-refractivity contribution in [3.05, 3.63) is 28.4 Å². The molecular formula is C15H16BrN3O2. The fourth-order valence-corrected chi connectivity index (χ4v) is 2.59. The third-order valence-corrected chi connectivity index (χ3v) is 3.92. The third-order valence-electron chi connectivity index (χ3n) is 3.31. The lowest BCUT2D eigenvalue weighted by Crippen LogP contribution is -2.05. The monoisotopic (exact) mass is 349 g/mol. The van der Waals surface area contributed by atoms with Crippen LogP contribution >= 0.6 is 15.9 Å². The van der Waals surface area contributed by atoms with Gasteiger partial charge >= 0.3 is 0 Å². The van der Waals surface area contributed by atoms with E-state index in [1.165, 1.54) is 0 Å². The minimum absolute atomic E-state index is 0.181. The van der Waals surface area contributed by atoms with Gasteiger partial charge in [0.25, 0.3) is 0 Å². The molecule has 0 saturated heterocycles. The molecule has 6 heteroatoms. The number of hydrogen-bond donors (Lipinski definition) is 1. The first kappa shape index (κ1) is 14.1. The number of fused-ring (bicyclic) bond motifs is 1. The Balaban J connectivity index is 2.11. The van der Waals surface area contributed by atoms with Crippen LogP contribution in [0.15, 0.2) is 22.8 Å². The van der Waals surface area contributed by atoms with Gasteiger partial charge in [-0.1, -0.05) is 0 Å². The molecular weight excluding hydrogens is 334 g/mol. The molecule has 2 heterocycles. The molecule has 0 saturated carbocycles. The van der Waals surface area contributed by atoms with Gasteiger partial charge in [0.15, 0.2) is 5.82 Å². The summed E-state index contributed by atoms with van der Waals surface area (Å²) < 4.78 is 12.2. The zero-order valence-electron chi connectivity index (χ0n) is 11.9. The Morgan fingerprint density at radius 3 is 3.00 bits per heavy atom. The van der Waals surface area contributed by atoms with E-state index in [1.807, 2.05) is 26.0 Å². The van der Waals surface area contributed by atoms with Gasteiger partial charge in [-0.15, -0.1) is 0 Å². The van der Waals surface area contributed by atoms with Gasteiger partial charge in [0, 0.05) is 18.2 Å². The highest BCUT2D eigenvalue weighted by atomic mass is 79.9. The van der Waals surface area contributed by atoms with Gasteiger partial charge in [-0.25, -0.2) is 9.97 Å². The summed E-state index contributed by atoms with van der Waals surface area (Å²) in [5.74, 6) is 2.56. The maximum Gasteiger partial charge on any atom is 0.165 e. The molecule has 1 aromatic heterocycles. The third kappa shape index (κ3) is 2.68. The fraction of sp³-hybridized carbons (Fsp3) is 0.333. The van der Waals surface area contributed by atoms with Gasteiger partial charge in [-0.3, -0.25) is 0 Å². The van der Waals surface area contributed by atoms with E-state index in [1.54, 1.807) is 6.20 Å². The van der Waals surface area contributed by atoms with Crippen molar-refractivity contribution in [2.24, 2.45) is 0 Å². The summed E-state index contributed by atoms with van der Waals surface area (Å²) in [7, 11) is 0. The molecule has 2 N–H and O–H groups in total. The number of nitrogens with zero attached hydrogens (tertiary/aromatic N) is 2. The van der Waals surface area contributed by atoms with Gasteiger partial charge in [-0.05, 0) is 41.9 Å². The van der Waals surface area contributed by atoms with Crippen molar-refractivity contribution in [1.82, 2.24) is 9.97 Å². The van der Waals surface area contributed by atoms with Crippen molar-refractivity contribution < 1.29 is 9.47 Å². The lowest BCUT2D eigenvalue weighted by molar-refractivity contribution is 0.254. The van der Waals surface area contributed by atoms with Crippen LogP contribution in [0.3, 0.4) is 0 Å². The Hall–Kier alpha value is -1.82. The summed E-state index contributed by atoms with van der Waals surface area (Å²) in [5.41, 5.74) is 7.79. The van der Waals surface area contributed by atoms with Crippen LogP contribution in [0.1, 0.15) is 19.4 Å². The average molecular weight is 350 g/mol. The number of aromatic nitrogens is 2. The predicted molar refractivity (Wildman–Crippen MR) is 84.5 cm³/mol. The van der Waals surface area contributed by atoms with Gasteiger partial charge < -0.3 is 15.2 Å². The number of ether oxygens (including phenoxy) is 2. The summed E-state index contributed by atoms with van der Waals surface area (Å²) in [5, 5.41) is 0. The summed E-state index contributed by atoms with van der Waals surface area (Å²) in [6.07, 6.45) is 2.71. The lowest BCUT2D eigenvalue weighted by atomic mass is 10.1. The van der Waals surface area contributed by atoms with Gasteiger partial charge in [-0.2, -0.15) is 0 Å². The van der Waals surface area contributed by atoms with E-state index in [4.69, 9.17) is 15.2 Å². The Labute approximate surface area is 131 Å². The highest BCUT2D eigenvalue weighted by molar-refractivity contribution is 9.10. The van der Waals surface area contributed by atoms with Gasteiger partial charge in [0.2, 0.25) is 0 Å². The van der Waals surface area contributed by atoms with Crippen molar-refractivity contribution in [3.8, 4) is 22.9 Å². The number of nitrogens with two attached hydrogens (primary N) is 1. The Bertz CT molecular complexity index is 691. The van der Waals surface area contributed by atoms with Gasteiger partial charge in [0.05, 0.1) is 16.6 Å². The van der Waals surface area contributed by atoms with E-state index in [-0.39, 0.29) is 6.10 Å². The average Bonchev–Trinajstić information content (AvgIpc) is 2.80. The van der Waals surface area contributed by atoms with Crippen LogP contribution in [-0.2, 0) is 6.42 Å². The molecule has 0 fully saturated rings. The standard InChI is InChI=1S/C15H16BrN3O2/c1-3-20-13-5-9-4-8(2)21-12(9)6-10(13)15-18-7-11(16)14(17)19-15/h5-8H,3-4H2,1-2H3,(H2,17,18,19). The van der Waals surface area contributed by atoms with E-state index in [2.05, 4.69) is 25.9 Å². The molecule has 5 nitrogen and oxygen atoms in total. The number of anilines is 1. The van der Waals surface area contributed by atoms with E-state index < -0.39 is 0 Å². The molecule has 1 aliphatic heterocycles. The first-order chi connectivity index (χ1) is 10.1. The number of rotatable bonds is 3. The second kappa shape index (κ2) is 5.52. The Morgan fingerprint density at radius 1 is 1.48 bits per heavy atom. The summed E-state index contributed by atoms with van der Waals surface area (Å²) in [6, 6.07) is 3.95. The van der Waals surface area contributed by atoms with Crippen molar-refractivity contribution in [2.45, 2.75) is 26.4 Å². The zero-order chi connectivity index (χ0) is 15.0. The number of benzene rings is 1. The second-order valence-electron chi connectivity index (χ2n) is 4.95. The Kier molecular flexibility index (Phi) is 3.71. The maximum atomic E-state index is 5.85. The van der Waals surface area contributed by atoms with Crippen LogP contribution in [0.5, 0.6) is 11.5 Å². The number of nitrogen functional groups attached to an aromatic ring is 1. The molecule has 1 atom stereocenters. The molecule has 0 radical (unpaired) electrons. The van der Waals surface area contributed by atoms with E-state index in [0.717, 1.165) is 29.0 Å². The van der Waals surface area contributed by atoms with Crippen LogP contribution in [0.4, 0.5) is 5.82 Å². The molecule has 21 heavy (non-hydrogen) atoms. The molecule has 0 bridgehead atoms. The van der Waals surface area contributed by atoms with Crippen molar-refractivity contribution >= 4 is 21.7 Å². The van der Waals surface area contributed by atoms with Crippen LogP contribution in [-0.4, -0.2) is 22.7 Å². The predicted octanol–water partition coefficient (Wildman–Crippen LogP) is 3.21. The largest absolute Gasteiger partial charge is 0.493 e. The van der Waals surface area contributed by atoms with Crippen LogP contribution in [0.25, 0.3) is 11.4 Å². The lowest BCUT2D eigenvalue weighted by Gasteiger charge is -2.12. The number of halogens is 1. The smallest absolute Gasteiger partial charge is 0.165 e. The summed E-state index contributed by atoms with van der Waals surface area (Å²) >= 11 is 3.30. The molecule has 0 amide bonds. The van der Waals surface area contributed by atoms with E-state index in [9.17, 15) is 0 Å². The van der Waals surface area contributed by atoms with Gasteiger partial charge in [0.1, 0.15) is 23.4 Å². The van der Waals surface area contributed by atoms with E-state index >= 15 is 0 Å². The second-order valence-corrected chi connectivity index (χ2v) is 5.80. The minimum Gasteiger partial charge on any atom is -0.493 e. The molecule has 2 aromatic rings. The van der Waals surface area contributed by atoms with Crippen molar-refractivity contribution in [3.63, 3.8) is 0 Å². The topological polar surface area (TPSA) is 70.3 Å².